The molecule has 0 amide bonds. The number of anilines is 1. The highest BCUT2D eigenvalue weighted by molar-refractivity contribution is 5.94. The molecule has 0 spiro atoms. The third-order valence-corrected chi connectivity index (χ3v) is 3.72. The number of hydrogen-bond acceptors (Lipinski definition) is 3. The topological polar surface area (TPSA) is 23.6 Å². The normalized spacial score (nSPS) is 15.7. The molecule has 0 radical (unpaired) electrons. The highest BCUT2D eigenvalue weighted by Gasteiger charge is 2.14. The minimum Gasteiger partial charge on any atom is -0.371 e. The van der Waals surface area contributed by atoms with E-state index >= 15 is 0 Å². The van der Waals surface area contributed by atoms with Crippen LogP contribution in [-0.4, -0.2) is 43.9 Å². The summed E-state index contributed by atoms with van der Waals surface area (Å²) in [6.07, 6.45) is 2.54. The zero-order chi connectivity index (χ0) is 13.8. The van der Waals surface area contributed by atoms with Gasteiger partial charge in [0.05, 0.1) is 5.69 Å². The highest BCUT2D eigenvalue weighted by Crippen LogP contribution is 2.20. The number of ketones is 1. The average Bonchev–Trinajstić information content (AvgIpc) is 2.88. The lowest BCUT2D eigenvalue weighted by Crippen LogP contribution is -2.31. The number of Topliss-reactive ketones (excluding diaryl/α,β-unsaturated/α-hetero) is 1. The number of nitrogens with zero attached hydrogens (tertiary/aromatic N) is 2. The van der Waals surface area contributed by atoms with Gasteiger partial charge in [-0.2, -0.15) is 0 Å². The predicted molar refractivity (Wildman–Crippen MR) is 75.3 cm³/mol. The lowest BCUT2D eigenvalue weighted by Gasteiger charge is -2.23. The van der Waals surface area contributed by atoms with Crippen LogP contribution in [0.4, 0.5) is 10.1 Å². The molecular weight excluding hydrogens is 243 g/mol. The predicted octanol–water partition coefficient (Wildman–Crippen LogP) is 2.56. The van der Waals surface area contributed by atoms with E-state index in [0.717, 1.165) is 26.2 Å². The van der Waals surface area contributed by atoms with Crippen LogP contribution >= 0.6 is 0 Å². The lowest BCUT2D eigenvalue weighted by atomic mass is 10.1. The molecule has 0 unspecified atom stereocenters. The third kappa shape index (κ3) is 3.53. The standard InChI is InChI=1S/C15H21FN2O/c1-12(19)13-5-6-15(14(16)11-13)17(2)9-10-18-7-3-4-8-18/h5-6,11H,3-4,7-10H2,1-2H3. The van der Waals surface area contributed by atoms with Crippen LogP contribution in [0.2, 0.25) is 0 Å². The van der Waals surface area contributed by atoms with Crippen molar-refractivity contribution in [2.45, 2.75) is 19.8 Å². The number of rotatable bonds is 5. The molecule has 1 aromatic rings. The van der Waals surface area contributed by atoms with Gasteiger partial charge in [0, 0.05) is 25.7 Å². The van der Waals surface area contributed by atoms with Gasteiger partial charge in [-0.15, -0.1) is 0 Å². The summed E-state index contributed by atoms with van der Waals surface area (Å²) in [6.45, 7) is 5.52. The van der Waals surface area contributed by atoms with Gasteiger partial charge in [0.1, 0.15) is 5.82 Å². The van der Waals surface area contributed by atoms with Crippen molar-refractivity contribution < 1.29 is 9.18 Å². The first-order valence-corrected chi connectivity index (χ1v) is 6.82. The first-order chi connectivity index (χ1) is 9.08. The van der Waals surface area contributed by atoms with Crippen LogP contribution < -0.4 is 4.90 Å². The fourth-order valence-electron chi connectivity index (χ4n) is 2.45. The highest BCUT2D eigenvalue weighted by atomic mass is 19.1. The maximum absolute atomic E-state index is 14.0. The Morgan fingerprint density at radius 2 is 2.05 bits per heavy atom. The van der Waals surface area contributed by atoms with Crippen molar-refractivity contribution in [3.63, 3.8) is 0 Å². The first kappa shape index (κ1) is 14.0. The Morgan fingerprint density at radius 1 is 1.37 bits per heavy atom. The number of benzene rings is 1. The minimum atomic E-state index is -0.323. The molecule has 2 rings (SSSR count). The van der Waals surface area contributed by atoms with Gasteiger partial charge < -0.3 is 9.80 Å². The van der Waals surface area contributed by atoms with Gasteiger partial charge in [-0.1, -0.05) is 0 Å². The van der Waals surface area contributed by atoms with E-state index in [4.69, 9.17) is 0 Å². The summed E-state index contributed by atoms with van der Waals surface area (Å²) in [7, 11) is 1.89. The van der Waals surface area contributed by atoms with E-state index in [1.54, 1.807) is 12.1 Å². The van der Waals surface area contributed by atoms with Crippen LogP contribution in [0.15, 0.2) is 18.2 Å². The minimum absolute atomic E-state index is 0.106. The number of carbonyl (C=O) groups excluding carboxylic acids is 1. The van der Waals surface area contributed by atoms with Gasteiger partial charge >= 0.3 is 0 Å². The monoisotopic (exact) mass is 264 g/mol. The maximum Gasteiger partial charge on any atom is 0.159 e. The summed E-state index contributed by atoms with van der Waals surface area (Å²) in [5, 5.41) is 0. The van der Waals surface area contributed by atoms with E-state index < -0.39 is 0 Å². The van der Waals surface area contributed by atoms with Crippen molar-refractivity contribution in [3.05, 3.63) is 29.6 Å². The van der Waals surface area contributed by atoms with E-state index in [0.29, 0.717) is 11.3 Å². The molecule has 0 aromatic heterocycles. The summed E-state index contributed by atoms with van der Waals surface area (Å²) in [6, 6.07) is 4.70. The summed E-state index contributed by atoms with van der Waals surface area (Å²) in [5.41, 5.74) is 0.985. The first-order valence-electron chi connectivity index (χ1n) is 6.82. The van der Waals surface area contributed by atoms with Crippen LogP contribution in [-0.2, 0) is 0 Å². The smallest absolute Gasteiger partial charge is 0.159 e. The van der Waals surface area contributed by atoms with E-state index in [1.807, 2.05) is 11.9 Å². The zero-order valence-corrected chi connectivity index (χ0v) is 11.7. The molecule has 1 fully saturated rings. The largest absolute Gasteiger partial charge is 0.371 e. The van der Waals surface area contributed by atoms with Gasteiger partial charge in [0.25, 0.3) is 0 Å². The Hall–Kier alpha value is -1.42. The molecule has 104 valence electrons. The molecule has 0 aliphatic carbocycles. The van der Waals surface area contributed by atoms with Crippen LogP contribution in [0.1, 0.15) is 30.1 Å². The summed E-state index contributed by atoms with van der Waals surface area (Å²) in [5.74, 6) is -0.429. The molecule has 0 bridgehead atoms. The SMILES string of the molecule is CC(=O)c1ccc(N(C)CCN2CCCC2)c(F)c1. The average molecular weight is 264 g/mol. The Kier molecular flexibility index (Phi) is 4.53. The Bertz CT molecular complexity index is 455. The van der Waals surface area contributed by atoms with Crippen molar-refractivity contribution in [3.8, 4) is 0 Å². The number of likely N-dealkylation sites (tertiary alicyclic amines) is 1. The molecule has 0 atom stereocenters. The molecular formula is C15H21FN2O. The Balaban J connectivity index is 1.98. The van der Waals surface area contributed by atoms with Gasteiger partial charge in [-0.25, -0.2) is 4.39 Å². The summed E-state index contributed by atoms with van der Waals surface area (Å²) >= 11 is 0. The van der Waals surface area contributed by atoms with Crippen LogP contribution in [0, 0.1) is 5.82 Å². The van der Waals surface area contributed by atoms with Crippen LogP contribution in [0.5, 0.6) is 0 Å². The maximum atomic E-state index is 14.0. The molecule has 19 heavy (non-hydrogen) atoms. The summed E-state index contributed by atoms with van der Waals surface area (Å²) in [4.78, 5) is 15.5. The molecule has 1 heterocycles. The van der Waals surface area contributed by atoms with Gasteiger partial charge in [0.15, 0.2) is 5.78 Å². The molecule has 1 aliphatic rings. The zero-order valence-electron chi connectivity index (χ0n) is 11.7. The van der Waals surface area contributed by atoms with E-state index in [-0.39, 0.29) is 11.6 Å². The molecule has 3 nitrogen and oxygen atoms in total. The fraction of sp³-hybridized carbons (Fsp3) is 0.533. The van der Waals surface area contributed by atoms with Crippen molar-refractivity contribution in [2.24, 2.45) is 0 Å². The van der Waals surface area contributed by atoms with Gasteiger partial charge in [-0.3, -0.25) is 4.79 Å². The van der Waals surface area contributed by atoms with Crippen molar-refractivity contribution in [2.75, 3.05) is 38.1 Å². The second-order valence-corrected chi connectivity index (χ2v) is 5.19. The van der Waals surface area contributed by atoms with Crippen molar-refractivity contribution >= 4 is 11.5 Å². The summed E-state index contributed by atoms with van der Waals surface area (Å²) < 4.78 is 14.0. The quantitative estimate of drug-likeness (QED) is 0.764. The van der Waals surface area contributed by atoms with E-state index in [2.05, 4.69) is 4.90 Å². The van der Waals surface area contributed by atoms with Gasteiger partial charge in [0.2, 0.25) is 0 Å². The molecule has 0 N–H and O–H groups in total. The molecule has 4 heteroatoms. The number of likely N-dealkylation sites (N-methyl/N-ethyl adjacent to an activating group) is 1. The molecule has 1 aliphatic heterocycles. The van der Waals surface area contributed by atoms with E-state index in [9.17, 15) is 9.18 Å². The fourth-order valence-corrected chi connectivity index (χ4v) is 2.45. The third-order valence-electron chi connectivity index (χ3n) is 3.72. The molecule has 1 saturated heterocycles. The van der Waals surface area contributed by atoms with Crippen LogP contribution in [0.3, 0.4) is 0 Å². The number of hydrogen-bond donors (Lipinski definition) is 0. The van der Waals surface area contributed by atoms with Crippen LogP contribution in [0.25, 0.3) is 0 Å². The lowest BCUT2D eigenvalue weighted by molar-refractivity contribution is 0.101. The second kappa shape index (κ2) is 6.15. The Morgan fingerprint density at radius 3 is 2.63 bits per heavy atom. The van der Waals surface area contributed by atoms with Gasteiger partial charge in [-0.05, 0) is 51.1 Å². The molecule has 0 saturated carbocycles. The Labute approximate surface area is 114 Å². The van der Waals surface area contributed by atoms with E-state index in [1.165, 1.54) is 25.8 Å². The number of carbonyl (C=O) groups is 1. The van der Waals surface area contributed by atoms with Crippen molar-refractivity contribution in [1.82, 2.24) is 4.90 Å². The van der Waals surface area contributed by atoms with Crippen molar-refractivity contribution in [1.29, 1.82) is 0 Å². The number of halogens is 1. The second-order valence-electron chi connectivity index (χ2n) is 5.19. The molecule has 1 aromatic carbocycles.